The van der Waals surface area contributed by atoms with Gasteiger partial charge in [-0.2, -0.15) is 0 Å². The van der Waals surface area contributed by atoms with Crippen LogP contribution in [0.3, 0.4) is 0 Å². The summed E-state index contributed by atoms with van der Waals surface area (Å²) in [6.45, 7) is 2.46. The second-order valence-corrected chi connectivity index (χ2v) is 19.4. The maximum absolute atomic E-state index is 13.0. The van der Waals surface area contributed by atoms with E-state index in [1.807, 2.05) is 0 Å². The number of carbonyl (C=O) groups excluding carboxylic acids is 2. The quantitative estimate of drug-likeness (QED) is 0.0172. The fourth-order valence-electron chi connectivity index (χ4n) is 8.48. The molecule has 11 atom stereocenters. The maximum atomic E-state index is 13.0. The highest BCUT2D eigenvalue weighted by Crippen LogP contribution is 2.26. The zero-order valence-electron chi connectivity index (χ0n) is 44.1. The van der Waals surface area contributed by atoms with E-state index >= 15 is 0 Å². The van der Waals surface area contributed by atoms with Gasteiger partial charge in [-0.3, -0.25) is 9.59 Å². The Kier molecular flexibility index (Phi) is 39.4. The van der Waals surface area contributed by atoms with Crippen LogP contribution in [0.15, 0.2) is 60.8 Å². The molecule has 2 aliphatic heterocycles. The summed E-state index contributed by atoms with van der Waals surface area (Å²) < 4.78 is 33.6. The van der Waals surface area contributed by atoms with Gasteiger partial charge in [-0.15, -0.1) is 0 Å². The van der Waals surface area contributed by atoms with Crippen molar-refractivity contribution in [2.45, 2.75) is 261 Å². The summed E-state index contributed by atoms with van der Waals surface area (Å²) in [6.07, 6.45) is 33.8. The van der Waals surface area contributed by atoms with E-state index in [1.54, 1.807) is 0 Å². The van der Waals surface area contributed by atoms with Crippen LogP contribution in [0, 0.1) is 0 Å². The molecule has 2 rings (SSSR count). The van der Waals surface area contributed by atoms with E-state index in [9.17, 15) is 45.3 Å². The Hall–Kier alpha value is -2.80. The van der Waals surface area contributed by atoms with Gasteiger partial charge in [-0.1, -0.05) is 184 Å². The smallest absolute Gasteiger partial charge is 0.306 e. The van der Waals surface area contributed by atoms with Crippen LogP contribution in [0.25, 0.3) is 0 Å². The predicted octanol–water partition coefficient (Wildman–Crippen LogP) is 8.83. The van der Waals surface area contributed by atoms with Crippen molar-refractivity contribution < 1.29 is 73.8 Å². The molecular weight excluding hydrogens is 925 g/mol. The first kappa shape index (κ1) is 65.3. The number of rotatable bonds is 43. The van der Waals surface area contributed by atoms with Crippen LogP contribution in [-0.4, -0.2) is 142 Å². The molecule has 2 fully saturated rings. The molecule has 0 saturated carbocycles. The number of hydrogen-bond donors (Lipinski definition) is 7. The fourth-order valence-corrected chi connectivity index (χ4v) is 8.48. The number of allylic oxidation sites excluding steroid dienone is 10. The molecule has 2 heterocycles. The van der Waals surface area contributed by atoms with Crippen LogP contribution in [0.1, 0.15) is 194 Å². The van der Waals surface area contributed by atoms with Crippen LogP contribution in [0.2, 0.25) is 0 Å². The lowest BCUT2D eigenvalue weighted by molar-refractivity contribution is -0.332. The molecular formula is C57H98O15. The van der Waals surface area contributed by atoms with E-state index in [-0.39, 0.29) is 19.4 Å². The van der Waals surface area contributed by atoms with Crippen molar-refractivity contribution in [1.82, 2.24) is 0 Å². The van der Waals surface area contributed by atoms with Crippen molar-refractivity contribution in [3.05, 3.63) is 60.8 Å². The first-order valence-corrected chi connectivity index (χ1v) is 27.9. The Morgan fingerprint density at radius 3 is 1.38 bits per heavy atom. The van der Waals surface area contributed by atoms with Crippen molar-refractivity contribution in [2.24, 2.45) is 0 Å². The van der Waals surface area contributed by atoms with Crippen LogP contribution < -0.4 is 0 Å². The molecule has 0 aliphatic carbocycles. The highest BCUT2D eigenvalue weighted by atomic mass is 16.7. The second kappa shape index (κ2) is 43.4. The molecule has 2 saturated heterocycles. The molecule has 0 aromatic heterocycles. The highest BCUT2D eigenvalue weighted by molar-refractivity contribution is 5.70. The third kappa shape index (κ3) is 30.5. The number of aliphatic hydroxyl groups excluding tert-OH is 7. The predicted molar refractivity (Wildman–Crippen MR) is 280 cm³/mol. The van der Waals surface area contributed by atoms with Crippen molar-refractivity contribution in [3.8, 4) is 0 Å². The van der Waals surface area contributed by atoms with E-state index in [0.717, 1.165) is 70.6 Å². The van der Waals surface area contributed by atoms with Gasteiger partial charge in [0.25, 0.3) is 0 Å². The first-order chi connectivity index (χ1) is 35.0. The Labute approximate surface area is 432 Å². The van der Waals surface area contributed by atoms with Gasteiger partial charge in [-0.25, -0.2) is 0 Å². The number of aliphatic hydroxyl groups is 7. The highest BCUT2D eigenvalue weighted by Gasteiger charge is 2.47. The normalized spacial score (nSPS) is 25.5. The molecule has 0 radical (unpaired) electrons. The molecule has 15 heteroatoms. The summed E-state index contributed by atoms with van der Waals surface area (Å²) in [7, 11) is 0. The topological polar surface area (TPSA) is 231 Å². The molecule has 0 bridgehead atoms. The summed E-state index contributed by atoms with van der Waals surface area (Å²) in [5.41, 5.74) is 0. The summed E-state index contributed by atoms with van der Waals surface area (Å²) in [4.78, 5) is 25.8. The van der Waals surface area contributed by atoms with Gasteiger partial charge in [0.1, 0.15) is 55.4 Å². The Morgan fingerprint density at radius 1 is 0.458 bits per heavy atom. The summed E-state index contributed by atoms with van der Waals surface area (Å²) in [5, 5.41) is 72.2. The van der Waals surface area contributed by atoms with Gasteiger partial charge >= 0.3 is 11.9 Å². The molecule has 0 aromatic carbocycles. The van der Waals surface area contributed by atoms with Crippen LogP contribution in [0.4, 0.5) is 0 Å². The zero-order valence-corrected chi connectivity index (χ0v) is 44.1. The van der Waals surface area contributed by atoms with E-state index in [0.29, 0.717) is 12.8 Å². The molecule has 416 valence electrons. The lowest BCUT2D eigenvalue weighted by Crippen LogP contribution is -2.61. The number of unbranched alkanes of at least 4 members (excludes halogenated alkanes) is 19. The van der Waals surface area contributed by atoms with Gasteiger partial charge in [0.2, 0.25) is 0 Å². The molecule has 15 nitrogen and oxygen atoms in total. The van der Waals surface area contributed by atoms with Gasteiger partial charge in [0.05, 0.1) is 19.8 Å². The number of carbonyl (C=O) groups is 2. The molecule has 0 aromatic rings. The van der Waals surface area contributed by atoms with Crippen molar-refractivity contribution in [3.63, 3.8) is 0 Å². The van der Waals surface area contributed by atoms with E-state index in [1.165, 1.54) is 83.5 Å². The van der Waals surface area contributed by atoms with Crippen molar-refractivity contribution in [1.29, 1.82) is 0 Å². The fraction of sp³-hybridized carbons (Fsp3) is 0.789. The number of hydrogen-bond acceptors (Lipinski definition) is 15. The van der Waals surface area contributed by atoms with Crippen LogP contribution in [0.5, 0.6) is 0 Å². The Balaban J connectivity index is 1.79. The minimum absolute atomic E-state index is 0.158. The number of ether oxygens (including phenoxy) is 6. The molecule has 7 N–H and O–H groups in total. The summed E-state index contributed by atoms with van der Waals surface area (Å²) in [6, 6.07) is 0. The minimum Gasteiger partial charge on any atom is -0.462 e. The molecule has 2 aliphatic rings. The average Bonchev–Trinajstić information content (AvgIpc) is 3.37. The van der Waals surface area contributed by atoms with Gasteiger partial charge in [-0.05, 0) is 57.8 Å². The van der Waals surface area contributed by atoms with Crippen LogP contribution in [-0.2, 0) is 38.0 Å². The SMILES string of the molecule is CC/C=C/C/C=C/C/C=C/C/C=C/C/C=C/CCCCCC(=O)OC[C@@H](CO[C@@H]1O[C@H](CO[C@@H]2O[C@H](CO)[C@H](O)C(O)C2O)[C@H](O)C(O)C1O)OC(=O)CCCCCCCCCCCCCCCCCCC. The lowest BCUT2D eigenvalue weighted by Gasteiger charge is -2.42. The first-order valence-electron chi connectivity index (χ1n) is 27.9. The Morgan fingerprint density at radius 2 is 0.875 bits per heavy atom. The van der Waals surface area contributed by atoms with E-state index in [2.05, 4.69) is 74.6 Å². The number of esters is 2. The van der Waals surface area contributed by atoms with Gasteiger partial charge in [0, 0.05) is 12.8 Å². The summed E-state index contributed by atoms with van der Waals surface area (Å²) >= 11 is 0. The standard InChI is InChI=1S/C57H98O15/c1-3-5-7-9-11-13-15-17-19-21-22-24-25-27-29-31-33-35-37-39-48(59)67-42-45(70-49(60)40-38-36-34-32-30-28-26-23-20-18-16-14-12-10-8-6-4-2)43-68-56-55(66)53(64)51(62)47(72-56)44-69-57-54(65)52(63)50(61)46(41-58)71-57/h5,7,11,13,17,19,22,24,27,29,45-47,50-58,61-66H,3-4,6,8-10,12,14-16,18,20-21,23,25-26,28,30-44H2,1-2H3/b7-5+,13-11+,19-17+,24-22+,29-27+/t45-,46+,47+,50-,51-,52?,53?,54?,55?,56+,57+/m0/s1. The summed E-state index contributed by atoms with van der Waals surface area (Å²) in [5.74, 6) is -0.959. The van der Waals surface area contributed by atoms with E-state index in [4.69, 9.17) is 28.4 Å². The van der Waals surface area contributed by atoms with Gasteiger partial charge in [0.15, 0.2) is 18.7 Å². The maximum Gasteiger partial charge on any atom is 0.306 e. The second-order valence-electron chi connectivity index (χ2n) is 19.4. The van der Waals surface area contributed by atoms with Crippen LogP contribution >= 0.6 is 0 Å². The van der Waals surface area contributed by atoms with Crippen molar-refractivity contribution >= 4 is 11.9 Å². The monoisotopic (exact) mass is 1020 g/mol. The zero-order chi connectivity index (χ0) is 52.4. The minimum atomic E-state index is -1.77. The van der Waals surface area contributed by atoms with E-state index < -0.39 is 99.3 Å². The van der Waals surface area contributed by atoms with Gasteiger partial charge < -0.3 is 64.2 Å². The molecule has 4 unspecified atom stereocenters. The lowest BCUT2D eigenvalue weighted by atomic mass is 9.98. The molecule has 0 amide bonds. The molecule has 72 heavy (non-hydrogen) atoms. The van der Waals surface area contributed by atoms with Crippen molar-refractivity contribution in [2.75, 3.05) is 26.4 Å². The Bertz CT molecular complexity index is 1480. The molecule has 0 spiro atoms. The average molecular weight is 1020 g/mol. The third-order valence-corrected chi connectivity index (χ3v) is 13.0. The third-order valence-electron chi connectivity index (χ3n) is 13.0. The largest absolute Gasteiger partial charge is 0.462 e.